The van der Waals surface area contributed by atoms with Crippen LogP contribution in [-0.2, 0) is 0 Å². The summed E-state index contributed by atoms with van der Waals surface area (Å²) in [7, 11) is 0. The summed E-state index contributed by atoms with van der Waals surface area (Å²) < 4.78 is 5.57. The van der Waals surface area contributed by atoms with Gasteiger partial charge in [0.2, 0.25) is 0 Å². The monoisotopic (exact) mass is 327 g/mol. The average molecular weight is 327 g/mol. The smallest absolute Gasteiger partial charge is 0.192 e. The number of nitrogens with zero attached hydrogens (tertiary/aromatic N) is 1. The van der Waals surface area contributed by atoms with E-state index in [1.165, 1.54) is 33.4 Å². The van der Waals surface area contributed by atoms with Crippen LogP contribution < -0.4 is 0 Å². The van der Waals surface area contributed by atoms with Crippen LogP contribution in [0.5, 0.6) is 0 Å². The van der Waals surface area contributed by atoms with Crippen molar-refractivity contribution in [2.24, 2.45) is 0 Å². The summed E-state index contributed by atoms with van der Waals surface area (Å²) in [5, 5.41) is 0. The molecule has 1 heterocycles. The Labute approximate surface area is 148 Å². The van der Waals surface area contributed by atoms with E-state index < -0.39 is 0 Å². The molecule has 0 atom stereocenters. The van der Waals surface area contributed by atoms with Gasteiger partial charge in [0.1, 0.15) is 5.52 Å². The van der Waals surface area contributed by atoms with Crippen molar-refractivity contribution in [2.75, 3.05) is 0 Å². The Hall–Kier alpha value is -2.87. The van der Waals surface area contributed by atoms with Crippen molar-refractivity contribution < 1.29 is 4.42 Å². The molecule has 124 valence electrons. The zero-order valence-corrected chi connectivity index (χ0v) is 15.1. The molecule has 3 aromatic carbocycles. The van der Waals surface area contributed by atoms with Gasteiger partial charge in [-0.3, -0.25) is 0 Å². The molecule has 0 fully saturated rings. The maximum absolute atomic E-state index is 5.57. The number of fused-ring (bicyclic) bond motifs is 1. The van der Waals surface area contributed by atoms with Crippen molar-refractivity contribution in [3.63, 3.8) is 0 Å². The van der Waals surface area contributed by atoms with Crippen LogP contribution in [-0.4, -0.2) is 4.98 Å². The topological polar surface area (TPSA) is 26.0 Å². The Morgan fingerprint density at radius 1 is 0.640 bits per heavy atom. The third-order valence-electron chi connectivity index (χ3n) is 4.87. The minimum Gasteiger partial charge on any atom is -0.441 e. The molecule has 1 aromatic heterocycles. The number of rotatable bonds is 2. The normalized spacial score (nSPS) is 11.2. The van der Waals surface area contributed by atoms with Crippen molar-refractivity contribution >= 4 is 11.1 Å². The second kappa shape index (κ2) is 5.89. The minimum atomic E-state index is 0.702. The van der Waals surface area contributed by atoms with Gasteiger partial charge in [0.25, 0.3) is 0 Å². The highest BCUT2D eigenvalue weighted by atomic mass is 16.3. The van der Waals surface area contributed by atoms with Gasteiger partial charge < -0.3 is 4.42 Å². The van der Waals surface area contributed by atoms with E-state index in [0.717, 1.165) is 16.7 Å². The standard InChI is InChI=1S/C23H21NO/c1-14-5-6-20(11-15(14)2)21-9-7-18(12-16(21)3)19-8-10-23-22(13-19)24-17(4)25-23/h5-13H,1-4H3. The summed E-state index contributed by atoms with van der Waals surface area (Å²) in [5.41, 5.74) is 10.6. The molecule has 0 bridgehead atoms. The maximum atomic E-state index is 5.57. The summed E-state index contributed by atoms with van der Waals surface area (Å²) in [5.74, 6) is 0.702. The Kier molecular flexibility index (Phi) is 3.69. The Morgan fingerprint density at radius 2 is 1.32 bits per heavy atom. The molecular weight excluding hydrogens is 306 g/mol. The molecule has 0 unspecified atom stereocenters. The van der Waals surface area contributed by atoms with Gasteiger partial charge in [-0.15, -0.1) is 0 Å². The van der Waals surface area contributed by atoms with E-state index in [4.69, 9.17) is 4.42 Å². The van der Waals surface area contributed by atoms with E-state index in [1.54, 1.807) is 0 Å². The van der Waals surface area contributed by atoms with Crippen LogP contribution in [0, 0.1) is 27.7 Å². The van der Waals surface area contributed by atoms with Gasteiger partial charge in [-0.05, 0) is 71.8 Å². The van der Waals surface area contributed by atoms with E-state index in [0.29, 0.717) is 5.89 Å². The third-order valence-corrected chi connectivity index (χ3v) is 4.87. The van der Waals surface area contributed by atoms with Crippen LogP contribution in [0.1, 0.15) is 22.6 Å². The first kappa shape index (κ1) is 15.6. The van der Waals surface area contributed by atoms with Gasteiger partial charge >= 0.3 is 0 Å². The molecule has 0 N–H and O–H groups in total. The average Bonchev–Trinajstić information content (AvgIpc) is 2.96. The van der Waals surface area contributed by atoms with Crippen LogP contribution in [0.25, 0.3) is 33.4 Å². The SMILES string of the molecule is Cc1nc2cc(-c3ccc(-c4ccc(C)c(C)c4)c(C)c3)ccc2o1. The zero-order chi connectivity index (χ0) is 17.6. The van der Waals surface area contributed by atoms with Crippen molar-refractivity contribution in [3.8, 4) is 22.3 Å². The highest BCUT2D eigenvalue weighted by molar-refractivity contribution is 5.82. The molecule has 2 nitrogen and oxygen atoms in total. The molecule has 0 aliphatic heterocycles. The van der Waals surface area contributed by atoms with E-state index in [1.807, 2.05) is 13.0 Å². The van der Waals surface area contributed by atoms with E-state index >= 15 is 0 Å². The van der Waals surface area contributed by atoms with E-state index in [2.05, 4.69) is 74.3 Å². The predicted molar refractivity (Wildman–Crippen MR) is 104 cm³/mol. The van der Waals surface area contributed by atoms with Crippen LogP contribution >= 0.6 is 0 Å². The summed E-state index contributed by atoms with van der Waals surface area (Å²) in [6.07, 6.45) is 0. The van der Waals surface area contributed by atoms with Crippen molar-refractivity contribution in [1.82, 2.24) is 4.98 Å². The highest BCUT2D eigenvalue weighted by Gasteiger charge is 2.08. The number of hydrogen-bond acceptors (Lipinski definition) is 2. The molecule has 0 saturated carbocycles. The largest absolute Gasteiger partial charge is 0.441 e. The lowest BCUT2D eigenvalue weighted by Gasteiger charge is -2.11. The fourth-order valence-electron chi connectivity index (χ4n) is 3.30. The molecule has 0 aliphatic rings. The fourth-order valence-corrected chi connectivity index (χ4v) is 3.30. The second-order valence-electron chi connectivity index (χ2n) is 6.74. The van der Waals surface area contributed by atoms with Crippen LogP contribution in [0.15, 0.2) is 59.0 Å². The Bertz CT molecular complexity index is 1090. The molecule has 0 spiro atoms. The first-order chi connectivity index (χ1) is 12.0. The maximum Gasteiger partial charge on any atom is 0.192 e. The van der Waals surface area contributed by atoms with Crippen molar-refractivity contribution in [3.05, 3.63) is 77.2 Å². The van der Waals surface area contributed by atoms with Gasteiger partial charge in [0, 0.05) is 6.92 Å². The van der Waals surface area contributed by atoms with Gasteiger partial charge in [-0.25, -0.2) is 4.98 Å². The molecule has 4 aromatic rings. The van der Waals surface area contributed by atoms with Gasteiger partial charge in [0.05, 0.1) is 0 Å². The van der Waals surface area contributed by atoms with Crippen molar-refractivity contribution in [1.29, 1.82) is 0 Å². The lowest BCUT2D eigenvalue weighted by atomic mass is 9.94. The molecule has 4 rings (SSSR count). The first-order valence-electron chi connectivity index (χ1n) is 8.57. The summed E-state index contributed by atoms with van der Waals surface area (Å²) in [4.78, 5) is 4.44. The number of aryl methyl sites for hydroxylation is 4. The molecule has 0 aliphatic carbocycles. The second-order valence-corrected chi connectivity index (χ2v) is 6.74. The molecule has 0 saturated heterocycles. The van der Waals surface area contributed by atoms with Crippen molar-refractivity contribution in [2.45, 2.75) is 27.7 Å². The summed E-state index contributed by atoms with van der Waals surface area (Å²) >= 11 is 0. The summed E-state index contributed by atoms with van der Waals surface area (Å²) in [6.45, 7) is 8.36. The van der Waals surface area contributed by atoms with E-state index in [-0.39, 0.29) is 0 Å². The first-order valence-corrected chi connectivity index (χ1v) is 8.57. The predicted octanol–water partition coefficient (Wildman–Crippen LogP) is 6.40. The lowest BCUT2D eigenvalue weighted by Crippen LogP contribution is -1.88. The van der Waals surface area contributed by atoms with Gasteiger partial charge in [0.15, 0.2) is 11.5 Å². The third kappa shape index (κ3) is 2.85. The minimum absolute atomic E-state index is 0.702. The summed E-state index contributed by atoms with van der Waals surface area (Å²) in [6, 6.07) is 19.5. The Balaban J connectivity index is 1.76. The van der Waals surface area contributed by atoms with Crippen LogP contribution in [0.3, 0.4) is 0 Å². The van der Waals surface area contributed by atoms with Gasteiger partial charge in [-0.2, -0.15) is 0 Å². The fraction of sp³-hybridized carbons (Fsp3) is 0.174. The van der Waals surface area contributed by atoms with Crippen LogP contribution in [0.4, 0.5) is 0 Å². The van der Waals surface area contributed by atoms with Gasteiger partial charge in [-0.1, -0.05) is 42.5 Å². The molecule has 25 heavy (non-hydrogen) atoms. The highest BCUT2D eigenvalue weighted by Crippen LogP contribution is 2.31. The molecule has 2 heteroatoms. The number of oxazole rings is 1. The Morgan fingerprint density at radius 3 is 2.08 bits per heavy atom. The van der Waals surface area contributed by atoms with E-state index in [9.17, 15) is 0 Å². The number of hydrogen-bond donors (Lipinski definition) is 0. The molecule has 0 radical (unpaired) electrons. The zero-order valence-electron chi connectivity index (χ0n) is 15.1. The quantitative estimate of drug-likeness (QED) is 0.426. The lowest BCUT2D eigenvalue weighted by molar-refractivity contribution is 0.561. The molecular formula is C23H21NO. The number of benzene rings is 3. The van der Waals surface area contributed by atoms with Crippen LogP contribution in [0.2, 0.25) is 0 Å². The number of aromatic nitrogens is 1. The molecule has 0 amide bonds.